The fraction of sp³-hybridized carbons (Fsp3) is 0.467. The molecule has 0 saturated carbocycles. The van der Waals surface area contributed by atoms with Crippen molar-refractivity contribution in [2.24, 2.45) is 5.92 Å². The van der Waals surface area contributed by atoms with Crippen LogP contribution in [0.4, 0.5) is 0 Å². The fourth-order valence-corrected chi connectivity index (χ4v) is 3.76. The van der Waals surface area contributed by atoms with Crippen LogP contribution in [0, 0.1) is 5.92 Å². The molecule has 3 aliphatic rings. The van der Waals surface area contributed by atoms with Gasteiger partial charge in [0.1, 0.15) is 5.75 Å². The van der Waals surface area contributed by atoms with E-state index in [-0.39, 0.29) is 0 Å². The van der Waals surface area contributed by atoms with Crippen molar-refractivity contribution in [3.8, 4) is 5.75 Å². The summed E-state index contributed by atoms with van der Waals surface area (Å²) in [6.07, 6.45) is 4.83. The molecule has 0 amide bonds. The van der Waals surface area contributed by atoms with Gasteiger partial charge in [-0.3, -0.25) is 0 Å². The van der Waals surface area contributed by atoms with E-state index in [4.69, 9.17) is 0 Å². The molecule has 0 radical (unpaired) electrons. The number of hydrogen-bond acceptors (Lipinski definition) is 2. The summed E-state index contributed by atoms with van der Waals surface area (Å²) in [6.45, 7) is 3.77. The summed E-state index contributed by atoms with van der Waals surface area (Å²) >= 11 is 0. The van der Waals surface area contributed by atoms with E-state index < -0.39 is 0 Å². The second kappa shape index (κ2) is 3.75. The van der Waals surface area contributed by atoms with Gasteiger partial charge < -0.3 is 15.0 Å². The number of aromatic nitrogens is 1. The van der Waals surface area contributed by atoms with Crippen LogP contribution in [-0.4, -0.2) is 34.6 Å². The topological polar surface area (TPSA) is 39.3 Å². The molecule has 1 unspecified atom stereocenters. The largest absolute Gasteiger partial charge is 0.508 e. The standard InChI is InChI=1S/C15H18N2O/c18-11-1-2-12-13(8-16-15(12)7-11)14-9-17-5-3-10(14)4-6-17/h1-2,7-8,10,14,16,18H,3-6,9H2. The molecule has 3 heteroatoms. The van der Waals surface area contributed by atoms with E-state index in [0.717, 1.165) is 11.4 Å². The molecule has 3 aliphatic heterocycles. The van der Waals surface area contributed by atoms with Gasteiger partial charge in [-0.2, -0.15) is 0 Å². The van der Waals surface area contributed by atoms with Crippen LogP contribution in [0.15, 0.2) is 24.4 Å². The zero-order valence-electron chi connectivity index (χ0n) is 10.4. The SMILES string of the molecule is Oc1ccc2c(C3CN4CCC3CC4)c[nH]c2c1. The Morgan fingerprint density at radius 2 is 2.06 bits per heavy atom. The highest BCUT2D eigenvalue weighted by molar-refractivity contribution is 5.85. The summed E-state index contributed by atoms with van der Waals surface area (Å²) < 4.78 is 0. The monoisotopic (exact) mass is 242 g/mol. The van der Waals surface area contributed by atoms with Crippen LogP contribution < -0.4 is 0 Å². The number of rotatable bonds is 1. The number of nitrogens with one attached hydrogen (secondary N) is 1. The lowest BCUT2D eigenvalue weighted by Crippen LogP contribution is -2.46. The van der Waals surface area contributed by atoms with E-state index in [2.05, 4.69) is 16.1 Å². The van der Waals surface area contributed by atoms with E-state index in [1.165, 1.54) is 43.4 Å². The number of hydrogen-bond donors (Lipinski definition) is 2. The maximum absolute atomic E-state index is 9.53. The van der Waals surface area contributed by atoms with Crippen LogP contribution in [0.5, 0.6) is 5.75 Å². The van der Waals surface area contributed by atoms with Crippen LogP contribution >= 0.6 is 0 Å². The number of benzene rings is 1. The molecule has 94 valence electrons. The first-order chi connectivity index (χ1) is 8.81. The normalized spacial score (nSPS) is 31.0. The highest BCUT2D eigenvalue weighted by atomic mass is 16.3. The van der Waals surface area contributed by atoms with Crippen molar-refractivity contribution in [2.75, 3.05) is 19.6 Å². The van der Waals surface area contributed by atoms with Gasteiger partial charge in [0.15, 0.2) is 0 Å². The number of aromatic amines is 1. The Morgan fingerprint density at radius 1 is 1.22 bits per heavy atom. The van der Waals surface area contributed by atoms with Crippen molar-refractivity contribution in [1.29, 1.82) is 0 Å². The number of aromatic hydroxyl groups is 1. The van der Waals surface area contributed by atoms with Crippen molar-refractivity contribution in [2.45, 2.75) is 18.8 Å². The van der Waals surface area contributed by atoms with Gasteiger partial charge in [0, 0.05) is 35.6 Å². The van der Waals surface area contributed by atoms with Gasteiger partial charge in [-0.15, -0.1) is 0 Å². The number of nitrogens with zero attached hydrogens (tertiary/aromatic N) is 1. The summed E-state index contributed by atoms with van der Waals surface area (Å²) in [5, 5.41) is 10.8. The average Bonchev–Trinajstić information content (AvgIpc) is 2.82. The Bertz CT molecular complexity index is 581. The van der Waals surface area contributed by atoms with E-state index in [1.54, 1.807) is 6.07 Å². The quantitative estimate of drug-likeness (QED) is 0.807. The molecule has 1 atom stereocenters. The van der Waals surface area contributed by atoms with Gasteiger partial charge in [0.2, 0.25) is 0 Å². The predicted octanol–water partition coefficient (Wildman–Crippen LogP) is 2.68. The van der Waals surface area contributed by atoms with Gasteiger partial charge in [-0.1, -0.05) is 0 Å². The van der Waals surface area contributed by atoms with Gasteiger partial charge in [0.05, 0.1) is 0 Å². The molecule has 3 saturated heterocycles. The van der Waals surface area contributed by atoms with Crippen LogP contribution in [0.25, 0.3) is 10.9 Å². The molecule has 3 fully saturated rings. The minimum absolute atomic E-state index is 0.338. The second-order valence-electron chi connectivity index (χ2n) is 5.72. The highest BCUT2D eigenvalue weighted by Crippen LogP contribution is 2.41. The summed E-state index contributed by atoms with van der Waals surface area (Å²) in [4.78, 5) is 5.89. The molecule has 4 heterocycles. The minimum atomic E-state index is 0.338. The maximum Gasteiger partial charge on any atom is 0.117 e. The fourth-order valence-electron chi connectivity index (χ4n) is 3.76. The van der Waals surface area contributed by atoms with E-state index in [9.17, 15) is 5.11 Å². The van der Waals surface area contributed by atoms with Crippen molar-refractivity contribution in [3.05, 3.63) is 30.0 Å². The summed E-state index contributed by atoms with van der Waals surface area (Å²) in [7, 11) is 0. The minimum Gasteiger partial charge on any atom is -0.508 e. The van der Waals surface area contributed by atoms with Crippen molar-refractivity contribution in [3.63, 3.8) is 0 Å². The molecule has 0 spiro atoms. The van der Waals surface area contributed by atoms with Crippen molar-refractivity contribution >= 4 is 10.9 Å². The Labute approximate surface area is 106 Å². The van der Waals surface area contributed by atoms with E-state index in [1.807, 2.05) is 12.1 Å². The highest BCUT2D eigenvalue weighted by Gasteiger charge is 2.35. The van der Waals surface area contributed by atoms with E-state index in [0.29, 0.717) is 11.7 Å². The van der Waals surface area contributed by atoms with Crippen LogP contribution in [0.1, 0.15) is 24.3 Å². The number of fused-ring (bicyclic) bond motifs is 4. The van der Waals surface area contributed by atoms with Gasteiger partial charge >= 0.3 is 0 Å². The summed E-state index contributed by atoms with van der Waals surface area (Å²) in [5.74, 6) is 1.86. The Kier molecular flexibility index (Phi) is 2.18. The van der Waals surface area contributed by atoms with Gasteiger partial charge in [-0.25, -0.2) is 0 Å². The Morgan fingerprint density at radius 3 is 2.78 bits per heavy atom. The summed E-state index contributed by atoms with van der Waals surface area (Å²) in [6, 6.07) is 5.66. The maximum atomic E-state index is 9.53. The smallest absolute Gasteiger partial charge is 0.117 e. The van der Waals surface area contributed by atoms with Crippen LogP contribution in [-0.2, 0) is 0 Å². The zero-order chi connectivity index (χ0) is 12.1. The lowest BCUT2D eigenvalue weighted by atomic mass is 9.75. The molecule has 2 aromatic rings. The van der Waals surface area contributed by atoms with E-state index >= 15 is 0 Å². The summed E-state index contributed by atoms with van der Waals surface area (Å²) in [5.41, 5.74) is 2.50. The second-order valence-corrected chi connectivity index (χ2v) is 5.72. The first-order valence-electron chi connectivity index (χ1n) is 6.83. The Balaban J connectivity index is 1.78. The molecular weight excluding hydrogens is 224 g/mol. The van der Waals surface area contributed by atoms with Crippen molar-refractivity contribution < 1.29 is 5.11 Å². The number of phenolic OH excluding ortho intramolecular Hbond substituents is 1. The predicted molar refractivity (Wildman–Crippen MR) is 71.9 cm³/mol. The number of H-pyrrole nitrogens is 1. The molecule has 1 aromatic carbocycles. The number of piperidine rings is 3. The molecule has 2 bridgehead atoms. The van der Waals surface area contributed by atoms with Crippen LogP contribution in [0.2, 0.25) is 0 Å². The molecule has 5 rings (SSSR count). The molecule has 18 heavy (non-hydrogen) atoms. The van der Waals surface area contributed by atoms with Gasteiger partial charge in [-0.05, 0) is 49.5 Å². The molecule has 3 nitrogen and oxygen atoms in total. The third-order valence-corrected chi connectivity index (χ3v) is 4.75. The molecule has 1 aromatic heterocycles. The van der Waals surface area contributed by atoms with Gasteiger partial charge in [0.25, 0.3) is 0 Å². The third-order valence-electron chi connectivity index (χ3n) is 4.75. The van der Waals surface area contributed by atoms with Crippen LogP contribution in [0.3, 0.4) is 0 Å². The molecular formula is C15H18N2O. The average molecular weight is 242 g/mol. The number of phenols is 1. The Hall–Kier alpha value is -1.48. The first kappa shape index (κ1) is 10.4. The molecule has 2 N–H and O–H groups in total. The third kappa shape index (κ3) is 1.47. The zero-order valence-corrected chi connectivity index (χ0v) is 10.4. The van der Waals surface area contributed by atoms with Crippen molar-refractivity contribution in [1.82, 2.24) is 9.88 Å². The lowest BCUT2D eigenvalue weighted by Gasteiger charge is -2.44. The first-order valence-corrected chi connectivity index (χ1v) is 6.83. The molecule has 0 aliphatic carbocycles. The lowest BCUT2D eigenvalue weighted by molar-refractivity contribution is 0.0876.